The maximum Gasteiger partial charge on any atom is 0.139 e. The van der Waals surface area contributed by atoms with E-state index in [4.69, 9.17) is 0 Å². The van der Waals surface area contributed by atoms with Gasteiger partial charge < -0.3 is 5.32 Å². The summed E-state index contributed by atoms with van der Waals surface area (Å²) in [5.41, 5.74) is 0.882. The van der Waals surface area contributed by atoms with Crippen molar-refractivity contribution in [3.8, 4) is 0 Å². The van der Waals surface area contributed by atoms with Crippen molar-refractivity contribution in [1.29, 1.82) is 0 Å². The molecule has 4 heteroatoms. The molecule has 0 aromatic heterocycles. The van der Waals surface area contributed by atoms with Crippen molar-refractivity contribution in [3.63, 3.8) is 0 Å². The Balaban J connectivity index is 2.00. The molecule has 1 heterocycles. The standard InChI is InChI=1S/C11H13BrFNS/c12-10-2-1-9(7-11(10)13)14-8-3-5-15-6-4-8/h1-2,7-8,14H,3-6H2. The molecule has 0 aliphatic carbocycles. The van der Waals surface area contributed by atoms with Crippen molar-refractivity contribution >= 4 is 33.4 Å². The minimum absolute atomic E-state index is 0.204. The van der Waals surface area contributed by atoms with Gasteiger partial charge in [-0.2, -0.15) is 11.8 Å². The van der Waals surface area contributed by atoms with Crippen LogP contribution in [0.5, 0.6) is 0 Å². The highest BCUT2D eigenvalue weighted by Gasteiger charge is 2.13. The molecule has 1 aromatic carbocycles. The number of rotatable bonds is 2. The van der Waals surface area contributed by atoms with E-state index < -0.39 is 0 Å². The van der Waals surface area contributed by atoms with E-state index in [2.05, 4.69) is 21.2 Å². The van der Waals surface area contributed by atoms with E-state index in [0.717, 1.165) is 5.69 Å². The molecule has 0 bridgehead atoms. The van der Waals surface area contributed by atoms with Gasteiger partial charge >= 0.3 is 0 Å². The first-order chi connectivity index (χ1) is 7.25. The number of hydrogen-bond acceptors (Lipinski definition) is 2. The molecule has 2 rings (SSSR count). The smallest absolute Gasteiger partial charge is 0.139 e. The topological polar surface area (TPSA) is 12.0 Å². The first-order valence-corrected chi connectivity index (χ1v) is 7.00. The third kappa shape index (κ3) is 3.11. The number of nitrogens with one attached hydrogen (secondary N) is 1. The molecule has 1 aliphatic rings. The molecule has 1 fully saturated rings. The summed E-state index contributed by atoms with van der Waals surface area (Å²) in [5.74, 6) is 2.21. The molecule has 0 radical (unpaired) electrons. The normalized spacial score (nSPS) is 17.7. The van der Waals surface area contributed by atoms with Crippen molar-refractivity contribution < 1.29 is 4.39 Å². The summed E-state index contributed by atoms with van der Waals surface area (Å²) >= 11 is 5.14. The lowest BCUT2D eigenvalue weighted by atomic mass is 10.1. The molecular weight excluding hydrogens is 277 g/mol. The number of benzene rings is 1. The zero-order chi connectivity index (χ0) is 10.7. The Kier molecular flexibility index (Phi) is 3.92. The van der Waals surface area contributed by atoms with Crippen LogP contribution < -0.4 is 5.32 Å². The second-order valence-electron chi connectivity index (χ2n) is 3.66. The van der Waals surface area contributed by atoms with Crippen molar-refractivity contribution in [2.75, 3.05) is 16.8 Å². The van der Waals surface area contributed by atoms with Crippen LogP contribution in [0.4, 0.5) is 10.1 Å². The summed E-state index contributed by atoms with van der Waals surface area (Å²) in [7, 11) is 0. The zero-order valence-corrected chi connectivity index (χ0v) is 10.7. The lowest BCUT2D eigenvalue weighted by Crippen LogP contribution is -2.24. The van der Waals surface area contributed by atoms with E-state index in [0.29, 0.717) is 10.5 Å². The average Bonchev–Trinajstić information content (AvgIpc) is 2.25. The first-order valence-electron chi connectivity index (χ1n) is 5.05. The maximum atomic E-state index is 13.2. The van der Waals surface area contributed by atoms with Crippen LogP contribution in [0.1, 0.15) is 12.8 Å². The van der Waals surface area contributed by atoms with Gasteiger partial charge in [0, 0.05) is 11.7 Å². The van der Waals surface area contributed by atoms with Crippen LogP contribution in [0.3, 0.4) is 0 Å². The van der Waals surface area contributed by atoms with Gasteiger partial charge in [0.1, 0.15) is 5.82 Å². The molecule has 1 aromatic rings. The molecule has 0 unspecified atom stereocenters. The molecule has 0 atom stereocenters. The lowest BCUT2D eigenvalue weighted by Gasteiger charge is -2.23. The van der Waals surface area contributed by atoms with Crippen molar-refractivity contribution in [3.05, 3.63) is 28.5 Å². The summed E-state index contributed by atoms with van der Waals surface area (Å²) < 4.78 is 13.8. The quantitative estimate of drug-likeness (QED) is 0.886. The van der Waals surface area contributed by atoms with Crippen LogP contribution >= 0.6 is 27.7 Å². The Morgan fingerprint density at radius 2 is 2.07 bits per heavy atom. The van der Waals surface area contributed by atoms with Crippen molar-refractivity contribution in [1.82, 2.24) is 0 Å². The number of anilines is 1. The van der Waals surface area contributed by atoms with E-state index in [1.807, 2.05) is 17.8 Å². The SMILES string of the molecule is Fc1cc(NC2CCSCC2)ccc1Br. The highest BCUT2D eigenvalue weighted by molar-refractivity contribution is 9.10. The second kappa shape index (κ2) is 5.21. The van der Waals surface area contributed by atoms with Gasteiger partial charge in [0.15, 0.2) is 0 Å². The van der Waals surface area contributed by atoms with Crippen molar-refractivity contribution in [2.45, 2.75) is 18.9 Å². The van der Waals surface area contributed by atoms with E-state index in [1.165, 1.54) is 24.3 Å². The van der Waals surface area contributed by atoms with Crippen LogP contribution in [-0.2, 0) is 0 Å². The molecule has 1 saturated heterocycles. The Morgan fingerprint density at radius 1 is 1.33 bits per heavy atom. The Hall–Kier alpha value is -0.220. The summed E-state index contributed by atoms with van der Waals surface area (Å²) in [6.45, 7) is 0. The summed E-state index contributed by atoms with van der Waals surface area (Å²) in [4.78, 5) is 0. The lowest BCUT2D eigenvalue weighted by molar-refractivity contribution is 0.619. The molecule has 15 heavy (non-hydrogen) atoms. The molecule has 1 aliphatic heterocycles. The predicted molar refractivity (Wildman–Crippen MR) is 68.1 cm³/mol. The fourth-order valence-corrected chi connectivity index (χ4v) is 3.02. The van der Waals surface area contributed by atoms with E-state index in [-0.39, 0.29) is 5.82 Å². The fraction of sp³-hybridized carbons (Fsp3) is 0.455. The van der Waals surface area contributed by atoms with Crippen LogP contribution in [0.2, 0.25) is 0 Å². The largest absolute Gasteiger partial charge is 0.382 e. The Bertz CT molecular complexity index is 339. The van der Waals surface area contributed by atoms with Gasteiger partial charge in [0.25, 0.3) is 0 Å². The third-order valence-corrected chi connectivity index (χ3v) is 4.20. The van der Waals surface area contributed by atoms with E-state index in [1.54, 1.807) is 12.1 Å². The molecular formula is C11H13BrFNS. The zero-order valence-electron chi connectivity index (χ0n) is 8.30. The van der Waals surface area contributed by atoms with Crippen LogP contribution in [0, 0.1) is 5.82 Å². The Morgan fingerprint density at radius 3 is 2.73 bits per heavy atom. The summed E-state index contributed by atoms with van der Waals surface area (Å²) in [6.07, 6.45) is 2.34. The van der Waals surface area contributed by atoms with E-state index in [9.17, 15) is 4.39 Å². The highest BCUT2D eigenvalue weighted by atomic mass is 79.9. The molecule has 0 spiro atoms. The van der Waals surface area contributed by atoms with Gasteiger partial charge in [-0.1, -0.05) is 0 Å². The Labute approximate surface area is 102 Å². The molecule has 82 valence electrons. The molecule has 0 saturated carbocycles. The predicted octanol–water partition coefficient (Wildman–Crippen LogP) is 3.90. The van der Waals surface area contributed by atoms with Gasteiger partial charge in [-0.25, -0.2) is 4.39 Å². The molecule has 0 amide bonds. The van der Waals surface area contributed by atoms with Crippen molar-refractivity contribution in [2.24, 2.45) is 0 Å². The molecule has 1 N–H and O–H groups in total. The van der Waals surface area contributed by atoms with Gasteiger partial charge in [0.05, 0.1) is 4.47 Å². The van der Waals surface area contributed by atoms with Crippen LogP contribution in [-0.4, -0.2) is 17.5 Å². The van der Waals surface area contributed by atoms with Gasteiger partial charge in [-0.05, 0) is 58.5 Å². The monoisotopic (exact) mass is 289 g/mol. The number of hydrogen-bond donors (Lipinski definition) is 1. The average molecular weight is 290 g/mol. The third-order valence-electron chi connectivity index (χ3n) is 2.51. The second-order valence-corrected chi connectivity index (χ2v) is 5.74. The van der Waals surface area contributed by atoms with Crippen LogP contribution in [0.15, 0.2) is 22.7 Å². The summed E-state index contributed by atoms with van der Waals surface area (Å²) in [5, 5.41) is 3.37. The number of thioether (sulfide) groups is 1. The van der Waals surface area contributed by atoms with E-state index >= 15 is 0 Å². The summed E-state index contributed by atoms with van der Waals surface area (Å²) in [6, 6.07) is 5.71. The molecule has 1 nitrogen and oxygen atoms in total. The highest BCUT2D eigenvalue weighted by Crippen LogP contribution is 2.23. The van der Waals surface area contributed by atoms with Gasteiger partial charge in [-0.15, -0.1) is 0 Å². The van der Waals surface area contributed by atoms with Crippen LogP contribution in [0.25, 0.3) is 0 Å². The minimum atomic E-state index is -0.204. The fourth-order valence-electron chi connectivity index (χ4n) is 1.66. The number of halogens is 2. The van der Waals surface area contributed by atoms with Gasteiger partial charge in [-0.3, -0.25) is 0 Å². The maximum absolute atomic E-state index is 13.2. The first kappa shape index (κ1) is 11.3. The van der Waals surface area contributed by atoms with Gasteiger partial charge in [0.2, 0.25) is 0 Å². The minimum Gasteiger partial charge on any atom is -0.382 e.